The van der Waals surface area contributed by atoms with Crippen molar-refractivity contribution >= 4 is 11.9 Å². The molecule has 2 N–H and O–H groups in total. The zero-order chi connectivity index (χ0) is 13.7. The molecule has 0 aromatic heterocycles. The minimum Gasteiger partial charge on any atom is -0.480 e. The van der Waals surface area contributed by atoms with E-state index in [0.717, 1.165) is 5.56 Å². The lowest BCUT2D eigenvalue weighted by atomic mass is 9.82. The van der Waals surface area contributed by atoms with Gasteiger partial charge in [-0.3, -0.25) is 4.79 Å². The van der Waals surface area contributed by atoms with Crippen LogP contribution in [0.5, 0.6) is 0 Å². The molecule has 0 fully saturated rings. The molecule has 2 atom stereocenters. The molecule has 98 valence electrons. The lowest BCUT2D eigenvalue weighted by molar-refractivity contribution is -0.142. The van der Waals surface area contributed by atoms with Gasteiger partial charge in [-0.1, -0.05) is 44.2 Å². The summed E-state index contributed by atoms with van der Waals surface area (Å²) in [6, 6.07) is 8.51. The highest BCUT2D eigenvalue weighted by molar-refractivity contribution is 5.83. The Hall–Kier alpha value is -1.84. The number of aliphatic carboxylic acids is 1. The molecule has 1 aromatic carbocycles. The van der Waals surface area contributed by atoms with Crippen LogP contribution in [0.1, 0.15) is 32.3 Å². The number of hydrogen-bond acceptors (Lipinski definition) is 2. The van der Waals surface area contributed by atoms with E-state index in [9.17, 15) is 14.7 Å². The number of carbonyl (C=O) groups is 2. The second-order valence-electron chi connectivity index (χ2n) is 4.70. The summed E-state index contributed by atoms with van der Waals surface area (Å²) in [6.07, 6.45) is 0. The van der Waals surface area contributed by atoms with Crippen molar-refractivity contribution < 1.29 is 14.7 Å². The van der Waals surface area contributed by atoms with E-state index in [-0.39, 0.29) is 17.7 Å². The average Bonchev–Trinajstić information content (AvgIpc) is 2.28. The van der Waals surface area contributed by atoms with E-state index >= 15 is 0 Å². The number of hydrogen-bond donors (Lipinski definition) is 2. The Morgan fingerprint density at radius 2 is 1.72 bits per heavy atom. The maximum absolute atomic E-state index is 11.3. The van der Waals surface area contributed by atoms with E-state index in [1.165, 1.54) is 6.92 Å². The van der Waals surface area contributed by atoms with Gasteiger partial charge in [0.1, 0.15) is 6.04 Å². The van der Waals surface area contributed by atoms with E-state index in [4.69, 9.17) is 0 Å². The number of benzene rings is 1. The second-order valence-corrected chi connectivity index (χ2v) is 4.70. The van der Waals surface area contributed by atoms with Crippen molar-refractivity contribution in [1.82, 2.24) is 5.32 Å². The van der Waals surface area contributed by atoms with Crippen molar-refractivity contribution in [2.75, 3.05) is 0 Å². The summed E-state index contributed by atoms with van der Waals surface area (Å²) >= 11 is 0. The molecule has 0 saturated carbocycles. The summed E-state index contributed by atoms with van der Waals surface area (Å²) in [7, 11) is 0. The first kappa shape index (κ1) is 14.2. The fourth-order valence-corrected chi connectivity index (χ4v) is 2.16. The summed E-state index contributed by atoms with van der Waals surface area (Å²) in [5.74, 6) is -1.47. The van der Waals surface area contributed by atoms with Crippen molar-refractivity contribution in [3.8, 4) is 0 Å². The molecule has 0 aliphatic heterocycles. The SMILES string of the molecule is CC(=O)NC(C(=O)O)C(c1ccccc1)C(C)C. The smallest absolute Gasteiger partial charge is 0.326 e. The highest BCUT2D eigenvalue weighted by atomic mass is 16.4. The minimum absolute atomic E-state index is 0.111. The Labute approximate surface area is 107 Å². The molecule has 18 heavy (non-hydrogen) atoms. The lowest BCUT2D eigenvalue weighted by Crippen LogP contribution is -2.45. The Kier molecular flexibility index (Phi) is 4.89. The van der Waals surface area contributed by atoms with Gasteiger partial charge >= 0.3 is 5.97 Å². The highest BCUT2D eigenvalue weighted by Gasteiger charge is 2.32. The van der Waals surface area contributed by atoms with Crippen molar-refractivity contribution in [2.45, 2.75) is 32.7 Å². The summed E-state index contributed by atoms with van der Waals surface area (Å²) in [6.45, 7) is 5.24. The molecule has 4 nitrogen and oxygen atoms in total. The van der Waals surface area contributed by atoms with Crippen LogP contribution in [0.3, 0.4) is 0 Å². The second kappa shape index (κ2) is 6.19. The lowest BCUT2D eigenvalue weighted by Gasteiger charge is -2.28. The normalized spacial score (nSPS) is 14.0. The van der Waals surface area contributed by atoms with Crippen molar-refractivity contribution in [1.29, 1.82) is 0 Å². The molecule has 1 rings (SSSR count). The third kappa shape index (κ3) is 3.58. The number of carboxylic acid groups (broad SMARTS) is 1. The first-order valence-electron chi connectivity index (χ1n) is 5.98. The van der Waals surface area contributed by atoms with Crippen LogP contribution in [0.2, 0.25) is 0 Å². The van der Waals surface area contributed by atoms with Crippen LogP contribution in [-0.4, -0.2) is 23.0 Å². The van der Waals surface area contributed by atoms with Crippen LogP contribution >= 0.6 is 0 Å². The first-order valence-corrected chi connectivity index (χ1v) is 5.98. The quantitative estimate of drug-likeness (QED) is 0.839. The molecule has 0 saturated heterocycles. The molecule has 1 aromatic rings. The summed E-state index contributed by atoms with van der Waals surface area (Å²) < 4.78 is 0. The predicted octanol–water partition coefficient (Wildman–Crippen LogP) is 2.02. The number of carbonyl (C=O) groups excluding carboxylic acids is 1. The van der Waals surface area contributed by atoms with Crippen molar-refractivity contribution in [2.24, 2.45) is 5.92 Å². The molecule has 0 aliphatic rings. The van der Waals surface area contributed by atoms with Gasteiger partial charge in [0, 0.05) is 12.8 Å². The molecule has 0 spiro atoms. The van der Waals surface area contributed by atoms with Gasteiger partial charge in [-0.15, -0.1) is 0 Å². The van der Waals surface area contributed by atoms with Gasteiger partial charge in [0.15, 0.2) is 0 Å². The van der Waals surface area contributed by atoms with Gasteiger partial charge in [-0.05, 0) is 11.5 Å². The topological polar surface area (TPSA) is 66.4 Å². The molecular weight excluding hydrogens is 230 g/mol. The molecule has 0 heterocycles. The summed E-state index contributed by atoms with van der Waals surface area (Å²) in [5, 5.41) is 11.8. The van der Waals surface area contributed by atoms with Crippen LogP contribution in [0.25, 0.3) is 0 Å². The van der Waals surface area contributed by atoms with E-state index in [0.29, 0.717) is 0 Å². The summed E-state index contributed by atoms with van der Waals surface area (Å²) in [4.78, 5) is 22.5. The Balaban J connectivity index is 3.09. The minimum atomic E-state index is -1.01. The van der Waals surface area contributed by atoms with E-state index in [1.54, 1.807) is 0 Å². The van der Waals surface area contributed by atoms with Crippen molar-refractivity contribution in [3.63, 3.8) is 0 Å². The van der Waals surface area contributed by atoms with E-state index < -0.39 is 12.0 Å². The Bertz CT molecular complexity index is 414. The van der Waals surface area contributed by atoms with Crippen LogP contribution in [0.15, 0.2) is 30.3 Å². The fraction of sp³-hybridized carbons (Fsp3) is 0.429. The molecule has 2 unspecified atom stereocenters. The van der Waals surface area contributed by atoms with Crippen molar-refractivity contribution in [3.05, 3.63) is 35.9 Å². The van der Waals surface area contributed by atoms with E-state index in [1.807, 2.05) is 44.2 Å². The number of nitrogens with one attached hydrogen (secondary N) is 1. The monoisotopic (exact) mass is 249 g/mol. The number of carboxylic acids is 1. The van der Waals surface area contributed by atoms with Gasteiger partial charge in [0.05, 0.1) is 0 Å². The van der Waals surface area contributed by atoms with Gasteiger partial charge in [0.2, 0.25) is 5.91 Å². The van der Waals surface area contributed by atoms with Crippen LogP contribution in [0.4, 0.5) is 0 Å². The van der Waals surface area contributed by atoms with Gasteiger partial charge in [0.25, 0.3) is 0 Å². The number of amides is 1. The van der Waals surface area contributed by atoms with Crippen LogP contribution in [-0.2, 0) is 9.59 Å². The predicted molar refractivity (Wildman–Crippen MR) is 69.3 cm³/mol. The first-order chi connectivity index (χ1) is 8.43. The molecule has 0 aliphatic carbocycles. The Morgan fingerprint density at radius 3 is 2.11 bits per heavy atom. The fourth-order valence-electron chi connectivity index (χ4n) is 2.16. The largest absolute Gasteiger partial charge is 0.480 e. The van der Waals surface area contributed by atoms with E-state index in [2.05, 4.69) is 5.32 Å². The molecule has 0 bridgehead atoms. The third-order valence-electron chi connectivity index (χ3n) is 2.89. The number of rotatable bonds is 5. The molecule has 1 amide bonds. The zero-order valence-electron chi connectivity index (χ0n) is 10.9. The Morgan fingerprint density at radius 1 is 1.17 bits per heavy atom. The molecular formula is C14H19NO3. The van der Waals surface area contributed by atoms with Gasteiger partial charge in [-0.2, -0.15) is 0 Å². The zero-order valence-corrected chi connectivity index (χ0v) is 10.9. The molecule has 0 radical (unpaired) electrons. The highest BCUT2D eigenvalue weighted by Crippen LogP contribution is 2.28. The van der Waals surface area contributed by atoms with Crippen LogP contribution < -0.4 is 5.32 Å². The maximum atomic E-state index is 11.3. The molecule has 4 heteroatoms. The third-order valence-corrected chi connectivity index (χ3v) is 2.89. The maximum Gasteiger partial charge on any atom is 0.326 e. The van der Waals surface area contributed by atoms with Gasteiger partial charge < -0.3 is 10.4 Å². The standard InChI is InChI=1S/C14H19NO3/c1-9(2)12(11-7-5-4-6-8-11)13(14(17)18)15-10(3)16/h4-9,12-13H,1-3H3,(H,15,16)(H,17,18). The summed E-state index contributed by atoms with van der Waals surface area (Å²) in [5.41, 5.74) is 0.925. The van der Waals surface area contributed by atoms with Gasteiger partial charge in [-0.25, -0.2) is 4.79 Å². The van der Waals surface area contributed by atoms with Crippen LogP contribution in [0, 0.1) is 5.92 Å². The average molecular weight is 249 g/mol.